The van der Waals surface area contributed by atoms with Crippen LogP contribution in [-0.2, 0) is 9.53 Å². The smallest absolute Gasteiger partial charge is 0.260 e. The lowest BCUT2D eigenvalue weighted by molar-refractivity contribution is -0.114. The number of benzene rings is 2. The highest BCUT2D eigenvalue weighted by atomic mass is 32.1. The van der Waals surface area contributed by atoms with E-state index >= 15 is 0 Å². The molecule has 1 aromatic heterocycles. The minimum Gasteiger partial charge on any atom is -0.376 e. The van der Waals surface area contributed by atoms with Gasteiger partial charge in [-0.3, -0.25) is 14.5 Å². The zero-order chi connectivity index (χ0) is 19.5. The molecule has 7 heteroatoms. The van der Waals surface area contributed by atoms with Gasteiger partial charge in [0.25, 0.3) is 5.91 Å². The second-order valence-electron chi connectivity index (χ2n) is 6.77. The molecule has 0 spiro atoms. The number of aromatic nitrogens is 1. The molecule has 0 aliphatic carbocycles. The summed E-state index contributed by atoms with van der Waals surface area (Å²) in [7, 11) is 0. The van der Waals surface area contributed by atoms with Gasteiger partial charge >= 0.3 is 0 Å². The van der Waals surface area contributed by atoms with Gasteiger partial charge in [-0.1, -0.05) is 23.5 Å². The average Bonchev–Trinajstić information content (AvgIpc) is 3.35. The number of fused-ring (bicyclic) bond motifs is 1. The molecule has 144 valence electrons. The molecule has 0 saturated carbocycles. The molecule has 4 rings (SSSR count). The third kappa shape index (κ3) is 4.05. The number of para-hydroxylation sites is 1. The van der Waals surface area contributed by atoms with Crippen molar-refractivity contribution in [1.29, 1.82) is 0 Å². The first-order valence-corrected chi connectivity index (χ1v) is 10.1. The fourth-order valence-electron chi connectivity index (χ4n) is 3.27. The number of amides is 2. The number of thiazole rings is 1. The molecule has 3 aromatic rings. The van der Waals surface area contributed by atoms with Crippen molar-refractivity contribution in [2.75, 3.05) is 23.4 Å². The Morgan fingerprint density at radius 1 is 1.21 bits per heavy atom. The van der Waals surface area contributed by atoms with Gasteiger partial charge in [-0.25, -0.2) is 4.98 Å². The SMILES string of the molecule is CC(=O)Nc1ccc(C(=O)N(CC2CCCO2)c2nc3ccccc3s2)cc1. The summed E-state index contributed by atoms with van der Waals surface area (Å²) >= 11 is 1.50. The van der Waals surface area contributed by atoms with Crippen LogP contribution < -0.4 is 10.2 Å². The van der Waals surface area contributed by atoms with Gasteiger partial charge in [0.05, 0.1) is 22.9 Å². The maximum Gasteiger partial charge on any atom is 0.260 e. The van der Waals surface area contributed by atoms with Gasteiger partial charge < -0.3 is 10.1 Å². The van der Waals surface area contributed by atoms with Gasteiger partial charge in [0.2, 0.25) is 5.91 Å². The summed E-state index contributed by atoms with van der Waals surface area (Å²) in [6.45, 7) is 2.67. The number of carbonyl (C=O) groups excluding carboxylic acids is 2. The molecule has 1 saturated heterocycles. The van der Waals surface area contributed by atoms with Crippen LogP contribution in [0, 0.1) is 0 Å². The van der Waals surface area contributed by atoms with Crippen LogP contribution in [0.15, 0.2) is 48.5 Å². The zero-order valence-corrected chi connectivity index (χ0v) is 16.4. The third-order valence-corrected chi connectivity index (χ3v) is 5.68. The lowest BCUT2D eigenvalue weighted by Gasteiger charge is -2.23. The largest absolute Gasteiger partial charge is 0.376 e. The van der Waals surface area contributed by atoms with Crippen LogP contribution in [0.25, 0.3) is 10.2 Å². The summed E-state index contributed by atoms with van der Waals surface area (Å²) in [5.74, 6) is -0.266. The molecule has 0 radical (unpaired) electrons. The van der Waals surface area contributed by atoms with Crippen molar-refractivity contribution >= 4 is 44.2 Å². The van der Waals surface area contributed by atoms with Crippen LogP contribution >= 0.6 is 11.3 Å². The first kappa shape index (κ1) is 18.6. The van der Waals surface area contributed by atoms with Crippen molar-refractivity contribution < 1.29 is 14.3 Å². The molecule has 28 heavy (non-hydrogen) atoms. The highest BCUT2D eigenvalue weighted by Crippen LogP contribution is 2.31. The van der Waals surface area contributed by atoms with Gasteiger partial charge in [0, 0.05) is 24.8 Å². The molecule has 1 fully saturated rings. The van der Waals surface area contributed by atoms with Crippen LogP contribution in [0.3, 0.4) is 0 Å². The minimum absolute atomic E-state index is 0.0228. The van der Waals surface area contributed by atoms with Crippen LogP contribution in [-0.4, -0.2) is 36.1 Å². The summed E-state index contributed by atoms with van der Waals surface area (Å²) in [4.78, 5) is 30.9. The van der Waals surface area contributed by atoms with E-state index in [0.717, 1.165) is 29.7 Å². The Bertz CT molecular complexity index is 961. The Hall–Kier alpha value is -2.77. The van der Waals surface area contributed by atoms with Gasteiger partial charge in [-0.15, -0.1) is 0 Å². The van der Waals surface area contributed by atoms with E-state index in [9.17, 15) is 9.59 Å². The van der Waals surface area contributed by atoms with Crippen LogP contribution in [0.4, 0.5) is 10.8 Å². The van der Waals surface area contributed by atoms with E-state index in [1.54, 1.807) is 29.2 Å². The maximum absolute atomic E-state index is 13.3. The predicted molar refractivity (Wildman–Crippen MR) is 111 cm³/mol. The lowest BCUT2D eigenvalue weighted by Crippen LogP contribution is -2.37. The van der Waals surface area contributed by atoms with Crippen molar-refractivity contribution in [1.82, 2.24) is 4.98 Å². The highest BCUT2D eigenvalue weighted by molar-refractivity contribution is 7.22. The number of rotatable bonds is 5. The molecule has 1 unspecified atom stereocenters. The Labute approximate surface area is 167 Å². The van der Waals surface area contributed by atoms with Crippen molar-refractivity contribution in [2.24, 2.45) is 0 Å². The maximum atomic E-state index is 13.3. The molecule has 6 nitrogen and oxygen atoms in total. The summed E-state index contributed by atoms with van der Waals surface area (Å²) in [5.41, 5.74) is 2.09. The van der Waals surface area contributed by atoms with Crippen LogP contribution in [0.2, 0.25) is 0 Å². The third-order valence-electron chi connectivity index (χ3n) is 4.62. The van der Waals surface area contributed by atoms with Crippen LogP contribution in [0.1, 0.15) is 30.1 Å². The molecule has 2 heterocycles. The minimum atomic E-state index is -0.145. The van der Waals surface area contributed by atoms with E-state index < -0.39 is 0 Å². The topological polar surface area (TPSA) is 71.5 Å². The molecule has 2 amide bonds. The second kappa shape index (κ2) is 8.08. The van der Waals surface area contributed by atoms with Crippen molar-refractivity contribution in [3.63, 3.8) is 0 Å². The Kier molecular flexibility index (Phi) is 5.36. The fourth-order valence-corrected chi connectivity index (χ4v) is 4.24. The summed E-state index contributed by atoms with van der Waals surface area (Å²) in [6.07, 6.45) is 1.98. The van der Waals surface area contributed by atoms with E-state index in [1.807, 2.05) is 24.3 Å². The highest BCUT2D eigenvalue weighted by Gasteiger charge is 2.27. The normalized spacial score (nSPS) is 16.2. The van der Waals surface area contributed by atoms with E-state index in [0.29, 0.717) is 22.9 Å². The fraction of sp³-hybridized carbons (Fsp3) is 0.286. The van der Waals surface area contributed by atoms with E-state index in [4.69, 9.17) is 4.74 Å². The number of anilines is 2. The number of ether oxygens (including phenoxy) is 1. The second-order valence-corrected chi connectivity index (χ2v) is 7.78. The van der Waals surface area contributed by atoms with Crippen molar-refractivity contribution in [3.8, 4) is 0 Å². The quantitative estimate of drug-likeness (QED) is 0.707. The van der Waals surface area contributed by atoms with E-state index in [-0.39, 0.29) is 17.9 Å². The molecular weight excluding hydrogens is 374 g/mol. The Morgan fingerprint density at radius 3 is 2.68 bits per heavy atom. The Balaban J connectivity index is 1.63. The number of carbonyl (C=O) groups is 2. The monoisotopic (exact) mass is 395 g/mol. The number of nitrogens with one attached hydrogen (secondary N) is 1. The van der Waals surface area contributed by atoms with Gasteiger partial charge in [-0.2, -0.15) is 0 Å². The average molecular weight is 395 g/mol. The molecule has 1 atom stereocenters. The number of hydrogen-bond donors (Lipinski definition) is 1. The van der Waals surface area contributed by atoms with E-state index in [1.165, 1.54) is 18.3 Å². The van der Waals surface area contributed by atoms with E-state index in [2.05, 4.69) is 10.3 Å². The summed E-state index contributed by atoms with van der Waals surface area (Å²) in [6, 6.07) is 14.8. The summed E-state index contributed by atoms with van der Waals surface area (Å²) < 4.78 is 6.81. The molecule has 0 bridgehead atoms. The molecule has 2 aromatic carbocycles. The number of hydrogen-bond acceptors (Lipinski definition) is 5. The van der Waals surface area contributed by atoms with Gasteiger partial charge in [-0.05, 0) is 49.2 Å². The zero-order valence-electron chi connectivity index (χ0n) is 15.6. The van der Waals surface area contributed by atoms with Gasteiger partial charge in [0.15, 0.2) is 5.13 Å². The van der Waals surface area contributed by atoms with Crippen LogP contribution in [0.5, 0.6) is 0 Å². The number of nitrogens with zero attached hydrogens (tertiary/aromatic N) is 2. The van der Waals surface area contributed by atoms with Crippen molar-refractivity contribution in [2.45, 2.75) is 25.9 Å². The predicted octanol–water partition coefficient (Wildman–Crippen LogP) is 4.08. The molecule has 1 aliphatic heterocycles. The summed E-state index contributed by atoms with van der Waals surface area (Å²) in [5, 5.41) is 3.39. The first-order valence-electron chi connectivity index (χ1n) is 9.27. The van der Waals surface area contributed by atoms with Gasteiger partial charge in [0.1, 0.15) is 0 Å². The lowest BCUT2D eigenvalue weighted by atomic mass is 10.1. The molecule has 1 aliphatic rings. The Morgan fingerprint density at radius 2 is 2.00 bits per heavy atom. The standard InChI is InChI=1S/C21H21N3O3S/c1-14(25)22-16-10-8-15(9-11-16)20(26)24(13-17-5-4-12-27-17)21-23-18-6-2-3-7-19(18)28-21/h2-3,6-11,17H,4-5,12-13H2,1H3,(H,22,25). The molecular formula is C21H21N3O3S. The first-order chi connectivity index (χ1) is 13.6. The molecule has 1 N–H and O–H groups in total. The van der Waals surface area contributed by atoms with Crippen molar-refractivity contribution in [3.05, 3.63) is 54.1 Å².